The summed E-state index contributed by atoms with van der Waals surface area (Å²) in [6.07, 6.45) is 21.1. The number of amides is 1. The van der Waals surface area contributed by atoms with Gasteiger partial charge in [-0.2, -0.15) is 0 Å². The molecule has 1 fully saturated rings. The van der Waals surface area contributed by atoms with E-state index in [-0.39, 0.29) is 0 Å². The van der Waals surface area contributed by atoms with E-state index in [4.69, 9.17) is 5.11 Å². The van der Waals surface area contributed by atoms with Crippen LogP contribution in [0.2, 0.25) is 0 Å². The summed E-state index contributed by atoms with van der Waals surface area (Å²) in [5, 5.41) is 9.83. The molecule has 0 aliphatic carbocycles. The number of nitrogens with one attached hydrogen (secondary N) is 1. The fourth-order valence-electron chi connectivity index (χ4n) is 3.36. The van der Waals surface area contributed by atoms with Crippen molar-refractivity contribution in [1.82, 2.24) is 10.4 Å². The van der Waals surface area contributed by atoms with E-state index in [2.05, 4.69) is 17.3 Å². The topological polar surface area (TPSA) is 64.9 Å². The van der Waals surface area contributed by atoms with E-state index in [1.54, 1.807) is 0 Å². The van der Waals surface area contributed by atoms with Crippen molar-refractivity contribution < 1.29 is 9.90 Å². The van der Waals surface area contributed by atoms with Gasteiger partial charge in [0.25, 0.3) is 0 Å². The van der Waals surface area contributed by atoms with Crippen LogP contribution in [0.25, 0.3) is 0 Å². The number of carboxylic acid groups (broad SMARTS) is 1. The molecule has 1 rings (SSSR count). The second kappa shape index (κ2) is 16.0. The standard InChI is InChI=1S/C21H41N3O2/c1-2-3-4-5-6-7-8-9-10-11-12-13-14-15-16-17-18-22-20-19-24(23-20)21(25)26/h2-19H2,1H3,(H,22,23)(H,25,26). The number of rotatable bonds is 17. The van der Waals surface area contributed by atoms with E-state index >= 15 is 0 Å². The van der Waals surface area contributed by atoms with Crippen LogP contribution >= 0.6 is 0 Å². The molecular weight excluding hydrogens is 326 g/mol. The van der Waals surface area contributed by atoms with Gasteiger partial charge in [0.2, 0.25) is 0 Å². The van der Waals surface area contributed by atoms with E-state index in [0.29, 0.717) is 6.54 Å². The molecule has 1 amide bonds. The minimum absolute atomic E-state index is 0.411. The number of carbonyl (C=O) groups is 1. The van der Waals surface area contributed by atoms with E-state index in [9.17, 15) is 4.79 Å². The van der Waals surface area contributed by atoms with Crippen molar-refractivity contribution in [3.8, 4) is 0 Å². The zero-order valence-electron chi connectivity index (χ0n) is 17.0. The largest absolute Gasteiger partial charge is 0.464 e. The number of unbranched alkanes of at least 4 members (excludes halogenated alkanes) is 15. The molecule has 1 aliphatic heterocycles. The van der Waals surface area contributed by atoms with Gasteiger partial charge in [-0.25, -0.2) is 9.80 Å². The van der Waals surface area contributed by atoms with Crippen LogP contribution in [0.15, 0.2) is 4.99 Å². The third kappa shape index (κ3) is 12.2. The number of amidine groups is 1. The number of hydrazine groups is 1. The van der Waals surface area contributed by atoms with Crippen LogP contribution < -0.4 is 5.43 Å². The summed E-state index contributed by atoms with van der Waals surface area (Å²) >= 11 is 0. The molecule has 5 heteroatoms. The maximum absolute atomic E-state index is 10.6. The number of hydrogen-bond acceptors (Lipinski definition) is 2. The van der Waals surface area contributed by atoms with Gasteiger partial charge >= 0.3 is 6.09 Å². The lowest BCUT2D eigenvalue weighted by Crippen LogP contribution is -2.60. The fourth-order valence-corrected chi connectivity index (χ4v) is 3.36. The Balaban J connectivity index is 1.70. The smallest absolute Gasteiger partial charge is 0.426 e. The molecule has 26 heavy (non-hydrogen) atoms. The molecule has 152 valence electrons. The van der Waals surface area contributed by atoms with Gasteiger partial charge in [-0.3, -0.25) is 10.4 Å². The Hall–Kier alpha value is -1.26. The molecule has 0 spiro atoms. The van der Waals surface area contributed by atoms with Gasteiger partial charge in [-0.15, -0.1) is 0 Å². The summed E-state index contributed by atoms with van der Waals surface area (Å²) < 4.78 is 0. The quantitative estimate of drug-likeness (QED) is 0.303. The molecule has 0 saturated carbocycles. The first-order chi connectivity index (χ1) is 12.7. The summed E-state index contributed by atoms with van der Waals surface area (Å²) in [5.74, 6) is 0.799. The van der Waals surface area contributed by atoms with E-state index in [0.717, 1.165) is 23.8 Å². The lowest BCUT2D eigenvalue weighted by molar-refractivity contribution is 0.126. The number of aliphatic imine (C=N–C) groups is 1. The highest BCUT2D eigenvalue weighted by molar-refractivity contribution is 5.93. The van der Waals surface area contributed by atoms with Crippen molar-refractivity contribution in [2.24, 2.45) is 4.99 Å². The average molecular weight is 368 g/mol. The Kier molecular flexibility index (Phi) is 14.0. The lowest BCUT2D eigenvalue weighted by atomic mass is 10.0. The Bertz CT molecular complexity index is 377. The molecule has 0 aromatic carbocycles. The monoisotopic (exact) mass is 367 g/mol. The van der Waals surface area contributed by atoms with Crippen LogP contribution in [0.1, 0.15) is 110 Å². The number of nitrogens with zero attached hydrogens (tertiary/aromatic N) is 2. The molecule has 5 nitrogen and oxygen atoms in total. The lowest BCUT2D eigenvalue weighted by Gasteiger charge is -2.31. The van der Waals surface area contributed by atoms with Gasteiger partial charge in [0.15, 0.2) is 0 Å². The zero-order valence-corrected chi connectivity index (χ0v) is 17.0. The molecule has 0 aromatic heterocycles. The van der Waals surface area contributed by atoms with Gasteiger partial charge in [0, 0.05) is 6.54 Å². The van der Waals surface area contributed by atoms with Crippen LogP contribution in [-0.4, -0.2) is 35.1 Å². The van der Waals surface area contributed by atoms with Crippen molar-refractivity contribution >= 4 is 11.9 Å². The Morgan fingerprint density at radius 1 is 0.846 bits per heavy atom. The van der Waals surface area contributed by atoms with Crippen molar-refractivity contribution in [2.75, 3.05) is 13.1 Å². The summed E-state index contributed by atoms with van der Waals surface area (Å²) in [7, 11) is 0. The van der Waals surface area contributed by atoms with Crippen LogP contribution in [0.3, 0.4) is 0 Å². The summed E-state index contributed by atoms with van der Waals surface area (Å²) in [6.45, 7) is 3.50. The molecule has 0 unspecified atom stereocenters. The van der Waals surface area contributed by atoms with Gasteiger partial charge in [-0.05, 0) is 6.42 Å². The molecule has 0 aromatic rings. The molecule has 1 saturated heterocycles. The van der Waals surface area contributed by atoms with Crippen molar-refractivity contribution in [3.63, 3.8) is 0 Å². The second-order valence-corrected chi connectivity index (χ2v) is 7.61. The first kappa shape index (κ1) is 22.8. The van der Waals surface area contributed by atoms with E-state index in [1.807, 2.05) is 0 Å². The van der Waals surface area contributed by atoms with Crippen molar-refractivity contribution in [3.05, 3.63) is 0 Å². The minimum Gasteiger partial charge on any atom is -0.464 e. The first-order valence-corrected chi connectivity index (χ1v) is 11.0. The predicted octanol–water partition coefficient (Wildman–Crippen LogP) is 6.14. The molecule has 2 N–H and O–H groups in total. The fraction of sp³-hybridized carbons (Fsp3) is 0.905. The highest BCUT2D eigenvalue weighted by Gasteiger charge is 2.24. The molecule has 0 bridgehead atoms. The zero-order chi connectivity index (χ0) is 18.9. The first-order valence-electron chi connectivity index (χ1n) is 11.0. The Labute approximate surface area is 160 Å². The molecule has 0 radical (unpaired) electrons. The van der Waals surface area contributed by atoms with E-state index < -0.39 is 6.09 Å². The van der Waals surface area contributed by atoms with Gasteiger partial charge in [0.1, 0.15) is 12.4 Å². The van der Waals surface area contributed by atoms with Gasteiger partial charge in [-0.1, -0.05) is 103 Å². The summed E-state index contributed by atoms with van der Waals surface area (Å²) in [4.78, 5) is 14.9. The highest BCUT2D eigenvalue weighted by Crippen LogP contribution is 2.13. The van der Waals surface area contributed by atoms with E-state index in [1.165, 1.54) is 96.3 Å². The van der Waals surface area contributed by atoms with Crippen molar-refractivity contribution in [2.45, 2.75) is 110 Å². The average Bonchev–Trinajstić information content (AvgIpc) is 2.58. The third-order valence-corrected chi connectivity index (χ3v) is 5.12. The van der Waals surface area contributed by atoms with Crippen LogP contribution in [0.5, 0.6) is 0 Å². The molecule has 0 atom stereocenters. The second-order valence-electron chi connectivity index (χ2n) is 7.61. The van der Waals surface area contributed by atoms with Crippen LogP contribution in [-0.2, 0) is 0 Å². The SMILES string of the molecule is CCCCCCCCCCCCCCCCCCN=C1CN(C(=O)O)N1. The van der Waals surface area contributed by atoms with Crippen molar-refractivity contribution in [1.29, 1.82) is 0 Å². The summed E-state index contributed by atoms with van der Waals surface area (Å²) in [6, 6.07) is 0. The maximum atomic E-state index is 10.6. The molecule has 1 heterocycles. The van der Waals surface area contributed by atoms with Crippen LogP contribution in [0, 0.1) is 0 Å². The van der Waals surface area contributed by atoms with Gasteiger partial charge in [0.05, 0.1) is 0 Å². The summed E-state index contributed by atoms with van der Waals surface area (Å²) in [5.41, 5.74) is 2.72. The Morgan fingerprint density at radius 3 is 1.62 bits per heavy atom. The third-order valence-electron chi connectivity index (χ3n) is 5.12. The molecular formula is C21H41N3O2. The predicted molar refractivity (Wildman–Crippen MR) is 110 cm³/mol. The maximum Gasteiger partial charge on any atom is 0.426 e. The Morgan fingerprint density at radius 2 is 1.23 bits per heavy atom. The van der Waals surface area contributed by atoms with Gasteiger partial charge < -0.3 is 5.11 Å². The normalized spacial score (nSPS) is 15.1. The van der Waals surface area contributed by atoms with Crippen LogP contribution in [0.4, 0.5) is 4.79 Å². The minimum atomic E-state index is -0.939. The number of hydrogen-bond donors (Lipinski definition) is 2. The molecule has 1 aliphatic rings. The highest BCUT2D eigenvalue weighted by atomic mass is 16.4.